The fourth-order valence-corrected chi connectivity index (χ4v) is 5.20. The Morgan fingerprint density at radius 1 is 1.14 bits per heavy atom. The third-order valence-corrected chi connectivity index (χ3v) is 7.09. The highest BCUT2D eigenvalue weighted by molar-refractivity contribution is 7.92. The van der Waals surface area contributed by atoms with E-state index < -0.39 is 10.0 Å². The van der Waals surface area contributed by atoms with E-state index in [9.17, 15) is 8.42 Å². The number of thiazole rings is 1. The van der Waals surface area contributed by atoms with Crippen LogP contribution in [0.15, 0.2) is 28.5 Å². The van der Waals surface area contributed by atoms with Crippen molar-refractivity contribution in [2.45, 2.75) is 18.7 Å². The molecule has 0 fully saturated rings. The molecule has 7 nitrogen and oxygen atoms in total. The van der Waals surface area contributed by atoms with Crippen LogP contribution in [0.25, 0.3) is 10.7 Å². The van der Waals surface area contributed by atoms with Crippen molar-refractivity contribution in [3.05, 3.63) is 40.0 Å². The minimum atomic E-state index is -3.89. The maximum atomic E-state index is 13.1. The lowest BCUT2D eigenvalue weighted by Crippen LogP contribution is -2.14. The summed E-state index contributed by atoms with van der Waals surface area (Å²) in [4.78, 5) is 4.61. The quantitative estimate of drug-likeness (QED) is 0.618. The molecule has 2 aromatic heterocycles. The molecular formula is C18H20ClN3O4S2. The van der Waals surface area contributed by atoms with Gasteiger partial charge in [-0.3, -0.25) is 4.72 Å². The largest absolute Gasteiger partial charge is 0.495 e. The second kappa shape index (κ2) is 7.65. The van der Waals surface area contributed by atoms with E-state index in [0.29, 0.717) is 17.2 Å². The number of anilines is 1. The summed E-state index contributed by atoms with van der Waals surface area (Å²) < 4.78 is 41.0. The average molecular weight is 442 g/mol. The van der Waals surface area contributed by atoms with Gasteiger partial charge in [-0.1, -0.05) is 11.6 Å². The van der Waals surface area contributed by atoms with Crippen molar-refractivity contribution < 1.29 is 17.9 Å². The summed E-state index contributed by atoms with van der Waals surface area (Å²) >= 11 is 7.62. The summed E-state index contributed by atoms with van der Waals surface area (Å²) in [5.74, 6) is 0.688. The van der Waals surface area contributed by atoms with E-state index in [1.807, 2.05) is 23.9 Å². The minimum Gasteiger partial charge on any atom is -0.495 e. The summed E-state index contributed by atoms with van der Waals surface area (Å²) in [6.07, 6.45) is 0. The molecule has 0 saturated carbocycles. The van der Waals surface area contributed by atoms with Gasteiger partial charge < -0.3 is 14.0 Å². The van der Waals surface area contributed by atoms with Crippen molar-refractivity contribution in [1.29, 1.82) is 0 Å². The third kappa shape index (κ3) is 3.69. The number of benzene rings is 1. The summed E-state index contributed by atoms with van der Waals surface area (Å²) in [6, 6.07) is 4.61. The van der Waals surface area contributed by atoms with Crippen LogP contribution in [0.4, 0.5) is 5.69 Å². The van der Waals surface area contributed by atoms with Crippen LogP contribution >= 0.6 is 22.9 Å². The molecule has 2 heterocycles. The van der Waals surface area contributed by atoms with E-state index in [4.69, 9.17) is 21.1 Å². The van der Waals surface area contributed by atoms with E-state index >= 15 is 0 Å². The molecule has 0 aliphatic rings. The van der Waals surface area contributed by atoms with Crippen molar-refractivity contribution in [2.75, 3.05) is 18.9 Å². The van der Waals surface area contributed by atoms with Crippen LogP contribution in [0.1, 0.15) is 11.4 Å². The van der Waals surface area contributed by atoms with Gasteiger partial charge in [-0.25, -0.2) is 13.4 Å². The summed E-state index contributed by atoms with van der Waals surface area (Å²) in [5.41, 5.74) is 2.44. The lowest BCUT2D eigenvalue weighted by molar-refractivity contribution is 0.396. The zero-order chi connectivity index (χ0) is 20.6. The van der Waals surface area contributed by atoms with Gasteiger partial charge in [-0.15, -0.1) is 11.3 Å². The normalized spacial score (nSPS) is 11.5. The van der Waals surface area contributed by atoms with Crippen molar-refractivity contribution in [3.8, 4) is 22.2 Å². The Morgan fingerprint density at radius 2 is 1.82 bits per heavy atom. The number of hydrogen-bond donors (Lipinski definition) is 1. The number of nitrogens with zero attached hydrogens (tertiary/aromatic N) is 2. The Labute approximate surface area is 172 Å². The number of halogens is 1. The van der Waals surface area contributed by atoms with Crippen LogP contribution in [0.3, 0.4) is 0 Å². The van der Waals surface area contributed by atoms with Crippen molar-refractivity contribution in [2.24, 2.45) is 7.05 Å². The average Bonchev–Trinajstić information content (AvgIpc) is 3.19. The van der Waals surface area contributed by atoms with Gasteiger partial charge in [0.05, 0.1) is 30.6 Å². The molecule has 150 valence electrons. The molecule has 3 aromatic rings. The minimum absolute atomic E-state index is 0.159. The van der Waals surface area contributed by atoms with E-state index in [1.54, 1.807) is 13.0 Å². The van der Waals surface area contributed by atoms with E-state index in [-0.39, 0.29) is 15.6 Å². The fraction of sp³-hybridized carbons (Fsp3) is 0.278. The molecular weight excluding hydrogens is 422 g/mol. The number of methoxy groups -OCH3 is 2. The molecule has 0 bridgehead atoms. The van der Waals surface area contributed by atoms with E-state index in [0.717, 1.165) is 16.4 Å². The van der Waals surface area contributed by atoms with Crippen LogP contribution in [0, 0.1) is 13.8 Å². The second-order valence-electron chi connectivity index (χ2n) is 6.12. The number of nitrogens with one attached hydrogen (secondary N) is 1. The number of sulfonamides is 1. The summed E-state index contributed by atoms with van der Waals surface area (Å²) in [5, 5.41) is 2.95. The number of aryl methyl sites for hydroxylation is 1. The Morgan fingerprint density at radius 3 is 2.39 bits per heavy atom. The molecule has 28 heavy (non-hydrogen) atoms. The zero-order valence-corrected chi connectivity index (χ0v) is 18.4. The molecule has 0 aliphatic heterocycles. The van der Waals surface area contributed by atoms with Crippen LogP contribution in [0.5, 0.6) is 11.5 Å². The Balaban J connectivity index is 2.04. The standard InChI is InChI=1S/C18H20ClN3O4S2/c1-10-9-27-18(20-10)14-7-17(11(2)22(14)3)28(23,24)21-13-6-12(19)15(25-4)8-16(13)26-5/h6-9,21H,1-5H3. The second-order valence-corrected chi connectivity index (χ2v) is 9.04. The van der Waals surface area contributed by atoms with Gasteiger partial charge in [0, 0.05) is 29.9 Å². The van der Waals surface area contributed by atoms with E-state index in [2.05, 4.69) is 9.71 Å². The highest BCUT2D eigenvalue weighted by Gasteiger charge is 2.25. The van der Waals surface area contributed by atoms with Gasteiger partial charge in [0.2, 0.25) is 0 Å². The Hall–Kier alpha value is -2.23. The first-order chi connectivity index (χ1) is 13.2. The Kier molecular flexibility index (Phi) is 5.60. The molecule has 10 heteroatoms. The lowest BCUT2D eigenvalue weighted by Gasteiger charge is -2.14. The highest BCUT2D eigenvalue weighted by Crippen LogP contribution is 2.38. The first-order valence-electron chi connectivity index (χ1n) is 8.21. The van der Waals surface area contributed by atoms with Crippen molar-refractivity contribution >= 4 is 38.6 Å². The topological polar surface area (TPSA) is 82.4 Å². The number of hydrogen-bond acceptors (Lipinski definition) is 6. The number of rotatable bonds is 6. The zero-order valence-electron chi connectivity index (χ0n) is 16.0. The molecule has 0 saturated heterocycles. The van der Waals surface area contributed by atoms with E-state index in [1.165, 1.54) is 37.7 Å². The van der Waals surface area contributed by atoms with Crippen LogP contribution < -0.4 is 14.2 Å². The number of aromatic nitrogens is 2. The van der Waals surface area contributed by atoms with Crippen LogP contribution in [0.2, 0.25) is 5.02 Å². The molecule has 0 aliphatic carbocycles. The van der Waals surface area contributed by atoms with Gasteiger partial charge in [0.25, 0.3) is 10.0 Å². The molecule has 0 radical (unpaired) electrons. The lowest BCUT2D eigenvalue weighted by atomic mass is 10.3. The third-order valence-electron chi connectivity index (χ3n) is 4.33. The maximum Gasteiger partial charge on any atom is 0.263 e. The molecule has 3 rings (SSSR count). The maximum absolute atomic E-state index is 13.1. The van der Waals surface area contributed by atoms with Crippen LogP contribution in [-0.2, 0) is 17.1 Å². The number of ether oxygens (including phenoxy) is 2. The fourth-order valence-electron chi connectivity index (χ4n) is 2.76. The highest BCUT2D eigenvalue weighted by atomic mass is 35.5. The van der Waals surface area contributed by atoms with Gasteiger partial charge in [0.1, 0.15) is 21.4 Å². The summed E-state index contributed by atoms with van der Waals surface area (Å²) in [7, 11) is 0.835. The first kappa shape index (κ1) is 20.5. The molecule has 1 N–H and O–H groups in total. The molecule has 1 aromatic carbocycles. The monoisotopic (exact) mass is 441 g/mol. The van der Waals surface area contributed by atoms with Gasteiger partial charge in [0.15, 0.2) is 0 Å². The smallest absolute Gasteiger partial charge is 0.263 e. The van der Waals surface area contributed by atoms with Crippen molar-refractivity contribution in [1.82, 2.24) is 9.55 Å². The van der Waals surface area contributed by atoms with Gasteiger partial charge in [-0.05, 0) is 26.0 Å². The van der Waals surface area contributed by atoms with Crippen molar-refractivity contribution in [3.63, 3.8) is 0 Å². The predicted octanol–water partition coefficient (Wildman–Crippen LogP) is 4.24. The molecule has 0 amide bonds. The summed E-state index contributed by atoms with van der Waals surface area (Å²) in [6.45, 7) is 3.64. The SMILES string of the molecule is COc1cc(OC)c(NS(=O)(=O)c2cc(-c3nc(C)cs3)n(C)c2C)cc1Cl. The molecule has 0 unspecified atom stereocenters. The van der Waals surface area contributed by atoms with Gasteiger partial charge >= 0.3 is 0 Å². The molecule has 0 spiro atoms. The first-order valence-corrected chi connectivity index (χ1v) is 10.9. The van der Waals surface area contributed by atoms with Crippen LogP contribution in [-0.4, -0.2) is 32.2 Å². The Bertz CT molecular complexity index is 1140. The predicted molar refractivity (Wildman–Crippen MR) is 111 cm³/mol. The molecule has 0 atom stereocenters. The van der Waals surface area contributed by atoms with Gasteiger partial charge in [-0.2, -0.15) is 0 Å².